The van der Waals surface area contributed by atoms with Crippen molar-refractivity contribution >= 4 is 22.0 Å². The number of alkyl halides is 3. The number of pyridine rings is 1. The number of nitrogens with two attached hydrogens (primary N) is 1. The van der Waals surface area contributed by atoms with Crippen LogP contribution in [0.5, 0.6) is 0 Å². The summed E-state index contributed by atoms with van der Waals surface area (Å²) in [5.74, 6) is -0.755. The summed E-state index contributed by atoms with van der Waals surface area (Å²) < 4.78 is 57.0. The van der Waals surface area contributed by atoms with E-state index in [-0.39, 0.29) is 5.69 Å². The molecule has 2 atom stereocenters. The highest BCUT2D eigenvalue weighted by atomic mass is 79.9. The SMILES string of the molecule is C[C@@]1(c2nc(Br)ccc2F)C[C@@H](C(F)(F)F)OC(N)=N1. The Bertz CT molecular complexity index is 563. The molecule has 9 heteroatoms. The van der Waals surface area contributed by atoms with Crippen LogP contribution >= 0.6 is 15.9 Å². The van der Waals surface area contributed by atoms with Gasteiger partial charge < -0.3 is 10.5 Å². The van der Waals surface area contributed by atoms with E-state index in [0.717, 1.165) is 6.07 Å². The first-order chi connectivity index (χ1) is 9.12. The van der Waals surface area contributed by atoms with Crippen molar-refractivity contribution in [3.05, 3.63) is 28.2 Å². The van der Waals surface area contributed by atoms with E-state index in [1.807, 2.05) is 0 Å². The van der Waals surface area contributed by atoms with Gasteiger partial charge in [-0.3, -0.25) is 0 Å². The molecule has 4 nitrogen and oxygen atoms in total. The van der Waals surface area contributed by atoms with Crippen molar-refractivity contribution < 1.29 is 22.3 Å². The summed E-state index contributed by atoms with van der Waals surface area (Å²) in [5.41, 5.74) is 3.53. The van der Waals surface area contributed by atoms with Gasteiger partial charge in [-0.05, 0) is 35.0 Å². The average Bonchev–Trinajstić information content (AvgIpc) is 2.30. The van der Waals surface area contributed by atoms with Crippen LogP contribution < -0.4 is 5.73 Å². The van der Waals surface area contributed by atoms with Crippen molar-refractivity contribution in [2.24, 2.45) is 10.7 Å². The van der Waals surface area contributed by atoms with Crippen LogP contribution in [0, 0.1) is 5.82 Å². The molecule has 0 radical (unpaired) electrons. The number of rotatable bonds is 1. The molecular formula is C11H10BrF4N3O. The van der Waals surface area contributed by atoms with Gasteiger partial charge in [0.25, 0.3) is 6.02 Å². The van der Waals surface area contributed by atoms with E-state index < -0.39 is 36.1 Å². The fourth-order valence-electron chi connectivity index (χ4n) is 1.99. The largest absolute Gasteiger partial charge is 0.452 e. The molecule has 2 heterocycles. The summed E-state index contributed by atoms with van der Waals surface area (Å²) in [6.07, 6.45) is -7.37. The zero-order valence-electron chi connectivity index (χ0n) is 10.2. The van der Waals surface area contributed by atoms with E-state index in [4.69, 9.17) is 5.73 Å². The molecule has 0 aromatic carbocycles. The van der Waals surface area contributed by atoms with Crippen molar-refractivity contribution in [2.75, 3.05) is 0 Å². The molecule has 110 valence electrons. The molecule has 0 spiro atoms. The summed E-state index contributed by atoms with van der Waals surface area (Å²) in [7, 11) is 0. The van der Waals surface area contributed by atoms with E-state index >= 15 is 0 Å². The fourth-order valence-corrected chi connectivity index (χ4v) is 2.30. The molecule has 1 aromatic heterocycles. The van der Waals surface area contributed by atoms with Gasteiger partial charge in [-0.1, -0.05) is 0 Å². The number of nitrogens with zero attached hydrogens (tertiary/aromatic N) is 2. The molecular weight excluding hydrogens is 346 g/mol. The topological polar surface area (TPSA) is 60.5 Å². The van der Waals surface area contributed by atoms with E-state index in [2.05, 4.69) is 30.6 Å². The van der Waals surface area contributed by atoms with Crippen molar-refractivity contribution in [3.8, 4) is 0 Å². The highest BCUT2D eigenvalue weighted by Gasteiger charge is 2.50. The van der Waals surface area contributed by atoms with Crippen LogP contribution in [0.15, 0.2) is 21.7 Å². The van der Waals surface area contributed by atoms with E-state index in [1.165, 1.54) is 13.0 Å². The average molecular weight is 356 g/mol. The second kappa shape index (κ2) is 4.87. The molecule has 0 amide bonds. The maximum absolute atomic E-state index is 13.8. The lowest BCUT2D eigenvalue weighted by Crippen LogP contribution is -2.46. The van der Waals surface area contributed by atoms with Gasteiger partial charge in [0.2, 0.25) is 0 Å². The van der Waals surface area contributed by atoms with Gasteiger partial charge in [-0.2, -0.15) is 13.2 Å². The standard InChI is InChI=1S/C11H10BrF4N3O/c1-10(8-5(13)2-3-7(12)18-8)4-6(11(14,15)16)20-9(17)19-10/h2-3,6H,4H2,1H3,(H2,17,19)/t6-,10-/m0/s1. The second-order valence-corrected chi connectivity index (χ2v) is 5.35. The minimum absolute atomic E-state index is 0.215. The Labute approximate surface area is 120 Å². The van der Waals surface area contributed by atoms with E-state index in [1.54, 1.807) is 0 Å². The first kappa shape index (κ1) is 15.0. The Kier molecular flexibility index (Phi) is 3.66. The van der Waals surface area contributed by atoms with E-state index in [0.29, 0.717) is 4.60 Å². The van der Waals surface area contributed by atoms with Crippen molar-refractivity contribution in [1.82, 2.24) is 4.98 Å². The van der Waals surface area contributed by atoms with Crippen LogP contribution in [0.25, 0.3) is 0 Å². The van der Waals surface area contributed by atoms with Gasteiger partial charge in [0.15, 0.2) is 6.10 Å². The number of aromatic nitrogens is 1. The Morgan fingerprint density at radius 3 is 2.70 bits per heavy atom. The third-order valence-corrected chi connectivity index (χ3v) is 3.33. The lowest BCUT2D eigenvalue weighted by atomic mass is 9.89. The molecule has 1 aromatic rings. The van der Waals surface area contributed by atoms with Crippen LogP contribution in [-0.4, -0.2) is 23.3 Å². The molecule has 2 rings (SSSR count). The smallest absolute Gasteiger partial charge is 0.425 e. The van der Waals surface area contributed by atoms with Gasteiger partial charge in [0, 0.05) is 6.42 Å². The van der Waals surface area contributed by atoms with Crippen LogP contribution in [-0.2, 0) is 10.3 Å². The molecule has 2 N–H and O–H groups in total. The number of halogens is 5. The number of hydrogen-bond donors (Lipinski definition) is 1. The molecule has 0 aliphatic carbocycles. The maximum Gasteiger partial charge on any atom is 0.425 e. The Hall–Kier alpha value is -1.38. The fraction of sp³-hybridized carbons (Fsp3) is 0.455. The predicted molar refractivity (Wildman–Crippen MR) is 66.4 cm³/mol. The molecule has 0 unspecified atom stereocenters. The number of aliphatic imine (C=N–C) groups is 1. The zero-order chi connectivity index (χ0) is 15.1. The van der Waals surface area contributed by atoms with Crippen LogP contribution in [0.3, 0.4) is 0 Å². The van der Waals surface area contributed by atoms with E-state index in [9.17, 15) is 17.6 Å². The van der Waals surface area contributed by atoms with Crippen LogP contribution in [0.4, 0.5) is 17.6 Å². The lowest BCUT2D eigenvalue weighted by Gasteiger charge is -2.35. The summed E-state index contributed by atoms with van der Waals surface area (Å²) in [6, 6.07) is 1.80. The number of amidine groups is 1. The number of ether oxygens (including phenoxy) is 1. The van der Waals surface area contributed by atoms with Crippen molar-refractivity contribution in [3.63, 3.8) is 0 Å². The quantitative estimate of drug-likeness (QED) is 0.622. The summed E-state index contributed by atoms with van der Waals surface area (Å²) >= 11 is 3.05. The Morgan fingerprint density at radius 1 is 1.45 bits per heavy atom. The summed E-state index contributed by atoms with van der Waals surface area (Å²) in [5, 5.41) is 0. The number of hydrogen-bond acceptors (Lipinski definition) is 4. The highest BCUT2D eigenvalue weighted by Crippen LogP contribution is 2.40. The summed E-state index contributed by atoms with van der Waals surface area (Å²) in [6.45, 7) is 1.33. The molecule has 0 fully saturated rings. The monoisotopic (exact) mass is 355 g/mol. The Balaban J connectivity index is 2.48. The predicted octanol–water partition coefficient (Wildman–Crippen LogP) is 2.86. The van der Waals surface area contributed by atoms with Crippen molar-refractivity contribution in [1.29, 1.82) is 0 Å². The van der Waals surface area contributed by atoms with Crippen LogP contribution in [0.1, 0.15) is 19.0 Å². The third kappa shape index (κ3) is 2.87. The normalized spacial score (nSPS) is 26.9. The molecule has 1 aliphatic rings. The van der Waals surface area contributed by atoms with Gasteiger partial charge >= 0.3 is 6.18 Å². The van der Waals surface area contributed by atoms with Crippen LogP contribution in [0.2, 0.25) is 0 Å². The second-order valence-electron chi connectivity index (χ2n) is 4.54. The molecule has 0 saturated carbocycles. The van der Waals surface area contributed by atoms with Gasteiger partial charge in [0.1, 0.15) is 21.7 Å². The molecule has 0 bridgehead atoms. The first-order valence-corrected chi connectivity index (χ1v) is 6.32. The summed E-state index contributed by atoms with van der Waals surface area (Å²) in [4.78, 5) is 7.67. The minimum atomic E-state index is -4.62. The molecule has 20 heavy (non-hydrogen) atoms. The van der Waals surface area contributed by atoms with Gasteiger partial charge in [0.05, 0.1) is 0 Å². The third-order valence-electron chi connectivity index (χ3n) is 2.89. The minimum Gasteiger partial charge on any atom is -0.452 e. The lowest BCUT2D eigenvalue weighted by molar-refractivity contribution is -0.208. The Morgan fingerprint density at radius 2 is 2.10 bits per heavy atom. The molecule has 1 aliphatic heterocycles. The van der Waals surface area contributed by atoms with Gasteiger partial charge in [-0.15, -0.1) is 0 Å². The zero-order valence-corrected chi connectivity index (χ0v) is 11.8. The first-order valence-electron chi connectivity index (χ1n) is 5.53. The molecule has 0 saturated heterocycles. The van der Waals surface area contributed by atoms with Gasteiger partial charge in [-0.25, -0.2) is 14.4 Å². The van der Waals surface area contributed by atoms with Crippen molar-refractivity contribution in [2.45, 2.75) is 31.2 Å². The maximum atomic E-state index is 13.8. The highest BCUT2D eigenvalue weighted by molar-refractivity contribution is 9.10.